The lowest BCUT2D eigenvalue weighted by Crippen LogP contribution is -2.36. The van der Waals surface area contributed by atoms with Crippen molar-refractivity contribution in [1.82, 2.24) is 0 Å². The molecule has 0 saturated heterocycles. The van der Waals surface area contributed by atoms with E-state index < -0.39 is 9.84 Å². The van der Waals surface area contributed by atoms with E-state index in [1.807, 2.05) is 26.0 Å². The molecule has 4 nitrogen and oxygen atoms in total. The van der Waals surface area contributed by atoms with Crippen molar-refractivity contribution in [2.75, 3.05) is 17.2 Å². The van der Waals surface area contributed by atoms with Gasteiger partial charge in [0.15, 0.2) is 9.84 Å². The van der Waals surface area contributed by atoms with E-state index in [1.165, 1.54) is 11.6 Å². The van der Waals surface area contributed by atoms with E-state index in [0.29, 0.717) is 13.0 Å². The van der Waals surface area contributed by atoms with Gasteiger partial charge in [-0.05, 0) is 49.9 Å². The first-order chi connectivity index (χ1) is 11.9. The predicted molar refractivity (Wildman–Crippen MR) is 100.0 cm³/mol. The highest BCUT2D eigenvalue weighted by Crippen LogP contribution is 2.30. The van der Waals surface area contributed by atoms with Crippen molar-refractivity contribution in [2.24, 2.45) is 0 Å². The number of rotatable bonds is 4. The summed E-state index contributed by atoms with van der Waals surface area (Å²) in [4.78, 5) is 15.0. The summed E-state index contributed by atoms with van der Waals surface area (Å²) < 4.78 is 25.1. The summed E-state index contributed by atoms with van der Waals surface area (Å²) in [5, 5.41) is 0. The van der Waals surface area contributed by atoms with E-state index in [1.54, 1.807) is 23.1 Å². The Balaban J connectivity index is 2.04. The van der Waals surface area contributed by atoms with Crippen molar-refractivity contribution in [1.29, 1.82) is 0 Å². The number of sulfone groups is 1. The van der Waals surface area contributed by atoms with Crippen molar-refractivity contribution >= 4 is 21.4 Å². The van der Waals surface area contributed by atoms with Gasteiger partial charge in [-0.1, -0.05) is 36.8 Å². The molecule has 0 aliphatic carbocycles. The molecule has 132 valence electrons. The van der Waals surface area contributed by atoms with E-state index >= 15 is 0 Å². The summed E-state index contributed by atoms with van der Waals surface area (Å²) >= 11 is 0. The Kier molecular flexibility index (Phi) is 4.95. The lowest BCUT2D eigenvalue weighted by Gasteiger charge is -2.30. The third-order valence-corrected chi connectivity index (χ3v) is 6.50. The van der Waals surface area contributed by atoms with Crippen molar-refractivity contribution in [3.8, 4) is 0 Å². The zero-order chi connectivity index (χ0) is 18.0. The largest absolute Gasteiger partial charge is 0.308 e. The van der Waals surface area contributed by atoms with Crippen LogP contribution < -0.4 is 4.90 Å². The quantitative estimate of drug-likeness (QED) is 0.837. The normalized spacial score (nSPS) is 14.2. The molecule has 0 saturated carbocycles. The molecule has 0 radical (unpaired) electrons. The fraction of sp³-hybridized carbons (Fsp3) is 0.350. The maximum Gasteiger partial charge on any atom is 0.259 e. The van der Waals surface area contributed by atoms with Crippen LogP contribution in [0.1, 0.15) is 41.3 Å². The van der Waals surface area contributed by atoms with Crippen LogP contribution >= 0.6 is 0 Å². The summed E-state index contributed by atoms with van der Waals surface area (Å²) in [5.41, 5.74) is 3.47. The summed E-state index contributed by atoms with van der Waals surface area (Å²) in [6, 6.07) is 12.6. The highest BCUT2D eigenvalue weighted by atomic mass is 32.2. The van der Waals surface area contributed by atoms with Crippen LogP contribution in [0.25, 0.3) is 0 Å². The van der Waals surface area contributed by atoms with Gasteiger partial charge in [-0.3, -0.25) is 4.79 Å². The minimum atomic E-state index is -3.46. The Morgan fingerprint density at radius 2 is 1.92 bits per heavy atom. The van der Waals surface area contributed by atoms with Gasteiger partial charge < -0.3 is 4.90 Å². The molecule has 0 fully saturated rings. The molecule has 0 aromatic heterocycles. The molecule has 0 N–H and O–H groups in total. The first-order valence-corrected chi connectivity index (χ1v) is 10.3. The molecule has 1 aliphatic rings. The van der Waals surface area contributed by atoms with Gasteiger partial charge in [0.05, 0.1) is 16.2 Å². The molecule has 25 heavy (non-hydrogen) atoms. The standard InChI is InChI=1S/C20H23NO3S/c1-3-13-25(23,24)19-9-5-4-8-17(19)20(22)21-12-6-7-16-14-15(2)10-11-18(16)21/h4-5,8-11,14H,3,6-7,12-13H2,1-2H3. The topological polar surface area (TPSA) is 54.5 Å². The summed E-state index contributed by atoms with van der Waals surface area (Å²) in [5.74, 6) is -0.187. The average Bonchev–Trinajstić information content (AvgIpc) is 2.60. The minimum absolute atomic E-state index is 0.0487. The first kappa shape index (κ1) is 17.7. The third-order valence-electron chi connectivity index (χ3n) is 4.52. The van der Waals surface area contributed by atoms with E-state index in [4.69, 9.17) is 0 Å². The summed E-state index contributed by atoms with van der Waals surface area (Å²) in [7, 11) is -3.46. The second-order valence-electron chi connectivity index (χ2n) is 6.51. The van der Waals surface area contributed by atoms with Gasteiger partial charge in [0, 0.05) is 12.2 Å². The van der Waals surface area contributed by atoms with Crippen molar-refractivity contribution in [2.45, 2.75) is 38.0 Å². The van der Waals surface area contributed by atoms with Crippen LogP contribution in [0.15, 0.2) is 47.4 Å². The molecule has 2 aromatic rings. The Labute approximate surface area is 149 Å². The molecule has 1 amide bonds. The molecule has 5 heteroatoms. The van der Waals surface area contributed by atoms with Crippen LogP contribution in [0.2, 0.25) is 0 Å². The summed E-state index contributed by atoms with van der Waals surface area (Å²) in [6.45, 7) is 4.47. The van der Waals surface area contributed by atoms with Crippen molar-refractivity contribution < 1.29 is 13.2 Å². The third kappa shape index (κ3) is 3.47. The number of benzene rings is 2. The predicted octanol–water partition coefficient (Wildman–Crippen LogP) is 3.77. The molecular formula is C20H23NO3S. The van der Waals surface area contributed by atoms with E-state index in [-0.39, 0.29) is 22.1 Å². The molecule has 1 heterocycles. The maximum atomic E-state index is 13.2. The van der Waals surface area contributed by atoms with Crippen LogP contribution in [0, 0.1) is 6.92 Å². The molecule has 0 atom stereocenters. The lowest BCUT2D eigenvalue weighted by atomic mass is 9.99. The number of anilines is 1. The highest BCUT2D eigenvalue weighted by Gasteiger charge is 2.28. The van der Waals surface area contributed by atoms with Gasteiger partial charge in [-0.2, -0.15) is 0 Å². The minimum Gasteiger partial charge on any atom is -0.308 e. The van der Waals surface area contributed by atoms with Gasteiger partial charge in [0.2, 0.25) is 0 Å². The molecule has 0 bridgehead atoms. The van der Waals surface area contributed by atoms with Gasteiger partial charge in [-0.25, -0.2) is 8.42 Å². The van der Waals surface area contributed by atoms with Crippen molar-refractivity contribution in [3.63, 3.8) is 0 Å². The molecule has 1 aliphatic heterocycles. The molecule has 3 rings (SSSR count). The molecule has 2 aromatic carbocycles. The smallest absolute Gasteiger partial charge is 0.259 e. The van der Waals surface area contributed by atoms with Gasteiger partial charge in [0.1, 0.15) is 0 Å². The van der Waals surface area contributed by atoms with Gasteiger partial charge >= 0.3 is 0 Å². The lowest BCUT2D eigenvalue weighted by molar-refractivity contribution is 0.0982. The second kappa shape index (κ2) is 7.00. The van der Waals surface area contributed by atoms with Crippen molar-refractivity contribution in [3.05, 3.63) is 59.2 Å². The van der Waals surface area contributed by atoms with Crippen LogP contribution in [-0.4, -0.2) is 26.6 Å². The molecule has 0 spiro atoms. The number of carbonyl (C=O) groups excluding carboxylic acids is 1. The fourth-order valence-corrected chi connectivity index (χ4v) is 4.91. The number of carbonyl (C=O) groups is 1. The SMILES string of the molecule is CCCS(=O)(=O)c1ccccc1C(=O)N1CCCc2cc(C)ccc21. The van der Waals surface area contributed by atoms with Gasteiger partial charge in [-0.15, -0.1) is 0 Å². The zero-order valence-electron chi connectivity index (χ0n) is 14.7. The monoisotopic (exact) mass is 357 g/mol. The molecule has 0 unspecified atom stereocenters. The number of amides is 1. The molecular weight excluding hydrogens is 334 g/mol. The number of aryl methyl sites for hydroxylation is 2. The van der Waals surface area contributed by atoms with E-state index in [2.05, 4.69) is 6.07 Å². The van der Waals surface area contributed by atoms with E-state index in [9.17, 15) is 13.2 Å². The number of fused-ring (bicyclic) bond motifs is 1. The number of hydrogen-bond acceptors (Lipinski definition) is 3. The number of hydrogen-bond donors (Lipinski definition) is 0. The van der Waals surface area contributed by atoms with Crippen LogP contribution in [0.3, 0.4) is 0 Å². The average molecular weight is 357 g/mol. The van der Waals surface area contributed by atoms with E-state index in [0.717, 1.165) is 24.1 Å². The van der Waals surface area contributed by atoms with Gasteiger partial charge in [0.25, 0.3) is 5.91 Å². The Morgan fingerprint density at radius 1 is 1.16 bits per heavy atom. The fourth-order valence-electron chi connectivity index (χ4n) is 3.38. The van der Waals surface area contributed by atoms with Crippen LogP contribution in [0.4, 0.5) is 5.69 Å². The Hall–Kier alpha value is -2.14. The zero-order valence-corrected chi connectivity index (χ0v) is 15.5. The highest BCUT2D eigenvalue weighted by molar-refractivity contribution is 7.91. The second-order valence-corrected chi connectivity index (χ2v) is 8.59. The van der Waals surface area contributed by atoms with Crippen LogP contribution in [0.5, 0.6) is 0 Å². The summed E-state index contributed by atoms with van der Waals surface area (Å²) in [6.07, 6.45) is 2.35. The van der Waals surface area contributed by atoms with Crippen LogP contribution in [-0.2, 0) is 16.3 Å². The first-order valence-electron chi connectivity index (χ1n) is 8.67. The Bertz CT molecular complexity index is 903. The number of nitrogens with zero attached hydrogens (tertiary/aromatic N) is 1. The maximum absolute atomic E-state index is 13.2. The Morgan fingerprint density at radius 3 is 2.68 bits per heavy atom.